The van der Waals surface area contributed by atoms with Gasteiger partial charge in [-0.2, -0.15) is 0 Å². The molecule has 0 aliphatic carbocycles. The van der Waals surface area contributed by atoms with Crippen molar-refractivity contribution < 1.29 is 9.59 Å². The molecule has 104 valence electrons. The third-order valence-electron chi connectivity index (χ3n) is 3.81. The van der Waals surface area contributed by atoms with Crippen LogP contribution < -0.4 is 0 Å². The van der Waals surface area contributed by atoms with Crippen LogP contribution in [0.15, 0.2) is 6.07 Å². The minimum atomic E-state index is 0.117. The Kier molecular flexibility index (Phi) is 4.53. The lowest BCUT2D eigenvalue weighted by Gasteiger charge is -2.30. The summed E-state index contributed by atoms with van der Waals surface area (Å²) in [6.07, 6.45) is 1.47. The second-order valence-corrected chi connectivity index (χ2v) is 6.77. The maximum atomic E-state index is 12.3. The summed E-state index contributed by atoms with van der Waals surface area (Å²) in [7, 11) is 0. The first-order chi connectivity index (χ1) is 9.01. The molecule has 1 fully saturated rings. The molecule has 0 bridgehead atoms. The lowest BCUT2D eigenvalue weighted by Crippen LogP contribution is -2.43. The van der Waals surface area contributed by atoms with Crippen LogP contribution in [0.1, 0.15) is 39.9 Å². The second-order valence-electron chi connectivity index (χ2n) is 5.31. The van der Waals surface area contributed by atoms with E-state index in [1.807, 2.05) is 26.8 Å². The molecule has 0 spiro atoms. The highest BCUT2D eigenvalue weighted by molar-refractivity contribution is 7.12. The average Bonchev–Trinajstić information content (AvgIpc) is 2.71. The van der Waals surface area contributed by atoms with Crippen molar-refractivity contribution in [1.29, 1.82) is 0 Å². The van der Waals surface area contributed by atoms with Crippen LogP contribution in [0.25, 0.3) is 0 Å². The number of piperidine rings is 1. The summed E-state index contributed by atoms with van der Waals surface area (Å²) in [5.74, 6) is 0.659. The summed E-state index contributed by atoms with van der Waals surface area (Å²) in [6.45, 7) is 7.98. The number of likely N-dealkylation sites (tertiary alicyclic amines) is 1. The van der Waals surface area contributed by atoms with Crippen molar-refractivity contribution >= 4 is 22.9 Å². The highest BCUT2D eigenvalue weighted by Crippen LogP contribution is 2.22. The highest BCUT2D eigenvalue weighted by Gasteiger charge is 2.27. The van der Waals surface area contributed by atoms with E-state index in [0.29, 0.717) is 18.7 Å². The van der Waals surface area contributed by atoms with Gasteiger partial charge in [0.1, 0.15) is 5.78 Å². The van der Waals surface area contributed by atoms with Gasteiger partial charge in [0.15, 0.2) is 5.78 Å². The predicted molar refractivity (Wildman–Crippen MR) is 78.0 cm³/mol. The highest BCUT2D eigenvalue weighted by atomic mass is 32.1. The Morgan fingerprint density at radius 2 is 2.21 bits per heavy atom. The van der Waals surface area contributed by atoms with E-state index >= 15 is 0 Å². The number of carbonyl (C=O) groups is 2. The van der Waals surface area contributed by atoms with Gasteiger partial charge in [0, 0.05) is 40.7 Å². The molecule has 0 N–H and O–H groups in total. The van der Waals surface area contributed by atoms with Crippen molar-refractivity contribution in [2.24, 2.45) is 5.92 Å². The molecule has 1 aromatic heterocycles. The van der Waals surface area contributed by atoms with E-state index in [2.05, 4.69) is 4.90 Å². The monoisotopic (exact) mass is 279 g/mol. The first kappa shape index (κ1) is 14.4. The Labute approximate surface area is 118 Å². The molecule has 1 aliphatic rings. The zero-order chi connectivity index (χ0) is 14.0. The number of hydrogen-bond acceptors (Lipinski definition) is 4. The molecule has 2 heterocycles. The molecule has 2 rings (SSSR count). The minimum Gasteiger partial charge on any atom is -0.299 e. The molecule has 0 radical (unpaired) electrons. The fourth-order valence-electron chi connectivity index (χ4n) is 2.67. The van der Waals surface area contributed by atoms with Gasteiger partial charge < -0.3 is 0 Å². The standard InChI is InChI=1S/C15H21NO2S/c1-4-12-8-16(6-5-14(12)17)9-15(18)13-7-10(2)19-11(13)3/h7,12H,4-6,8-9H2,1-3H3. The van der Waals surface area contributed by atoms with E-state index in [1.165, 1.54) is 4.88 Å². The van der Waals surface area contributed by atoms with Crippen molar-refractivity contribution in [3.63, 3.8) is 0 Å². The maximum Gasteiger partial charge on any atom is 0.177 e. The van der Waals surface area contributed by atoms with Crippen LogP contribution in [0.2, 0.25) is 0 Å². The fraction of sp³-hybridized carbons (Fsp3) is 0.600. The predicted octanol–water partition coefficient (Wildman–Crippen LogP) is 2.85. The second kappa shape index (κ2) is 5.97. The molecule has 3 nitrogen and oxygen atoms in total. The molecular formula is C15H21NO2S. The van der Waals surface area contributed by atoms with Crippen LogP contribution in [0.5, 0.6) is 0 Å². The summed E-state index contributed by atoms with van der Waals surface area (Å²) >= 11 is 1.67. The third kappa shape index (κ3) is 3.31. The summed E-state index contributed by atoms with van der Waals surface area (Å²) in [6, 6.07) is 1.98. The lowest BCUT2D eigenvalue weighted by molar-refractivity contribution is -0.126. The number of Topliss-reactive ketones (excluding diaryl/α,β-unsaturated/α-hetero) is 2. The van der Waals surface area contributed by atoms with Crippen LogP contribution in [-0.4, -0.2) is 36.1 Å². The lowest BCUT2D eigenvalue weighted by atomic mass is 9.94. The molecule has 19 heavy (non-hydrogen) atoms. The third-order valence-corrected chi connectivity index (χ3v) is 4.78. The summed E-state index contributed by atoms with van der Waals surface area (Å²) in [5.41, 5.74) is 0.854. The number of nitrogens with zero attached hydrogens (tertiary/aromatic N) is 1. The summed E-state index contributed by atoms with van der Waals surface area (Å²) in [4.78, 5) is 28.4. The molecule has 1 atom stereocenters. The van der Waals surface area contributed by atoms with Crippen molar-refractivity contribution in [1.82, 2.24) is 4.90 Å². The van der Waals surface area contributed by atoms with E-state index in [-0.39, 0.29) is 11.7 Å². The van der Waals surface area contributed by atoms with Gasteiger partial charge in [0.05, 0.1) is 6.54 Å². The van der Waals surface area contributed by atoms with Crippen molar-refractivity contribution in [3.8, 4) is 0 Å². The molecule has 0 saturated carbocycles. The zero-order valence-corrected chi connectivity index (χ0v) is 12.7. The molecular weight excluding hydrogens is 258 g/mol. The Morgan fingerprint density at radius 3 is 2.79 bits per heavy atom. The van der Waals surface area contributed by atoms with Crippen LogP contribution >= 0.6 is 11.3 Å². The van der Waals surface area contributed by atoms with E-state index in [9.17, 15) is 9.59 Å². The SMILES string of the molecule is CCC1CN(CC(=O)c2cc(C)sc2C)CCC1=O. The number of aryl methyl sites for hydroxylation is 2. The smallest absolute Gasteiger partial charge is 0.177 e. The summed E-state index contributed by atoms with van der Waals surface area (Å²) < 4.78 is 0. The largest absolute Gasteiger partial charge is 0.299 e. The van der Waals surface area contributed by atoms with Gasteiger partial charge in [-0.1, -0.05) is 6.92 Å². The van der Waals surface area contributed by atoms with E-state index in [1.54, 1.807) is 11.3 Å². The van der Waals surface area contributed by atoms with E-state index in [4.69, 9.17) is 0 Å². The van der Waals surface area contributed by atoms with Crippen molar-refractivity contribution in [2.45, 2.75) is 33.6 Å². The average molecular weight is 279 g/mol. The number of rotatable bonds is 4. The van der Waals surface area contributed by atoms with Crippen LogP contribution in [-0.2, 0) is 4.79 Å². The number of thiophene rings is 1. The van der Waals surface area contributed by atoms with E-state index < -0.39 is 0 Å². The fourth-order valence-corrected chi connectivity index (χ4v) is 3.62. The zero-order valence-electron chi connectivity index (χ0n) is 11.9. The van der Waals surface area contributed by atoms with Crippen molar-refractivity contribution in [2.75, 3.05) is 19.6 Å². The molecule has 0 amide bonds. The first-order valence-electron chi connectivity index (χ1n) is 6.86. The van der Waals surface area contributed by atoms with Gasteiger partial charge in [-0.25, -0.2) is 0 Å². The quantitative estimate of drug-likeness (QED) is 0.795. The molecule has 1 aliphatic heterocycles. The van der Waals surface area contributed by atoms with Gasteiger partial charge in [-0.05, 0) is 26.3 Å². The van der Waals surface area contributed by atoms with Crippen LogP contribution in [0.4, 0.5) is 0 Å². The summed E-state index contributed by atoms with van der Waals surface area (Å²) in [5, 5.41) is 0. The number of carbonyl (C=O) groups excluding carboxylic acids is 2. The molecule has 0 aromatic carbocycles. The van der Waals surface area contributed by atoms with Gasteiger partial charge in [-0.3, -0.25) is 14.5 Å². The molecule has 1 saturated heterocycles. The van der Waals surface area contributed by atoms with Gasteiger partial charge in [0.2, 0.25) is 0 Å². The maximum absolute atomic E-state index is 12.3. The van der Waals surface area contributed by atoms with E-state index in [0.717, 1.165) is 30.0 Å². The van der Waals surface area contributed by atoms with Gasteiger partial charge in [-0.15, -0.1) is 11.3 Å². The topological polar surface area (TPSA) is 37.4 Å². The molecule has 1 unspecified atom stereocenters. The van der Waals surface area contributed by atoms with Gasteiger partial charge >= 0.3 is 0 Å². The van der Waals surface area contributed by atoms with Crippen LogP contribution in [0.3, 0.4) is 0 Å². The Morgan fingerprint density at radius 1 is 1.47 bits per heavy atom. The number of hydrogen-bond donors (Lipinski definition) is 0. The minimum absolute atomic E-state index is 0.117. The Hall–Kier alpha value is -1.00. The Bertz CT molecular complexity index is 492. The van der Waals surface area contributed by atoms with Gasteiger partial charge in [0.25, 0.3) is 0 Å². The number of ketones is 2. The normalized spacial score (nSPS) is 20.8. The molecule has 4 heteroatoms. The Balaban J connectivity index is 2.00. The first-order valence-corrected chi connectivity index (χ1v) is 7.68. The molecule has 1 aromatic rings. The van der Waals surface area contributed by atoms with Crippen molar-refractivity contribution in [3.05, 3.63) is 21.4 Å². The van der Waals surface area contributed by atoms with Crippen LogP contribution in [0, 0.1) is 19.8 Å².